The fraction of sp³-hybridized carbons (Fsp3) is 0.387. The number of hydrogen-bond acceptors (Lipinski definition) is 7. The van der Waals surface area contributed by atoms with E-state index in [0.717, 1.165) is 37.2 Å². The van der Waals surface area contributed by atoms with Gasteiger partial charge < -0.3 is 25.2 Å². The van der Waals surface area contributed by atoms with Gasteiger partial charge in [0.15, 0.2) is 0 Å². The second-order valence-electron chi connectivity index (χ2n) is 10.5. The van der Waals surface area contributed by atoms with Gasteiger partial charge in [0.05, 0.1) is 33.8 Å². The van der Waals surface area contributed by atoms with Crippen molar-refractivity contribution in [1.82, 2.24) is 15.2 Å². The molecule has 3 rings (SSSR count). The summed E-state index contributed by atoms with van der Waals surface area (Å²) in [5.41, 5.74) is 2.62. The van der Waals surface area contributed by atoms with Crippen molar-refractivity contribution in [3.05, 3.63) is 76.9 Å². The summed E-state index contributed by atoms with van der Waals surface area (Å²) >= 11 is 5.71. The Balaban J connectivity index is 0.000000928. The molecule has 1 fully saturated rings. The summed E-state index contributed by atoms with van der Waals surface area (Å²) in [6.07, 6.45) is 6.33. The lowest BCUT2D eigenvalue weighted by Gasteiger charge is -2.22. The Morgan fingerprint density at radius 3 is 2.40 bits per heavy atom. The van der Waals surface area contributed by atoms with Crippen LogP contribution in [0.2, 0.25) is 0 Å². The Hall–Kier alpha value is -4.02. The molecule has 0 bridgehead atoms. The zero-order valence-corrected chi connectivity index (χ0v) is 26.0. The lowest BCUT2D eigenvalue weighted by molar-refractivity contribution is -0.117. The molecule has 3 amide bonds. The third kappa shape index (κ3) is 11.5. The van der Waals surface area contributed by atoms with Crippen LogP contribution >= 0.6 is 11.6 Å². The minimum absolute atomic E-state index is 0.0417. The fourth-order valence-electron chi connectivity index (χ4n) is 3.65. The van der Waals surface area contributed by atoms with E-state index in [0.29, 0.717) is 24.6 Å². The summed E-state index contributed by atoms with van der Waals surface area (Å²) in [7, 11) is 1.71. The van der Waals surface area contributed by atoms with Gasteiger partial charge in [-0.05, 0) is 71.4 Å². The third-order valence-corrected chi connectivity index (χ3v) is 6.26. The average Bonchev–Trinajstić information content (AvgIpc) is 3.22. The molecule has 1 aromatic carbocycles. The van der Waals surface area contributed by atoms with E-state index in [-0.39, 0.29) is 21.9 Å². The molecule has 0 spiro atoms. The predicted octanol–water partition coefficient (Wildman–Crippen LogP) is 5.16. The molecule has 10 nitrogen and oxygen atoms in total. The summed E-state index contributed by atoms with van der Waals surface area (Å²) in [6.45, 7) is 16.0. The highest BCUT2D eigenvalue weighted by Gasteiger charge is 2.18. The van der Waals surface area contributed by atoms with Gasteiger partial charge in [0.25, 0.3) is 11.8 Å². The number of pyridine rings is 1. The first-order chi connectivity index (χ1) is 19.9. The van der Waals surface area contributed by atoms with Gasteiger partial charge in [-0.25, -0.2) is 9.98 Å². The Morgan fingerprint density at radius 2 is 1.83 bits per heavy atom. The van der Waals surface area contributed by atoms with Crippen LogP contribution < -0.4 is 15.5 Å². The van der Waals surface area contributed by atoms with Crippen molar-refractivity contribution in [2.45, 2.75) is 46.6 Å². The van der Waals surface area contributed by atoms with Crippen molar-refractivity contribution in [3.63, 3.8) is 0 Å². The number of rotatable bonds is 8. The van der Waals surface area contributed by atoms with Crippen LogP contribution in [0.1, 0.15) is 60.5 Å². The molecule has 1 aromatic heterocycles. The van der Waals surface area contributed by atoms with E-state index in [1.165, 1.54) is 6.21 Å². The molecule has 0 aliphatic carbocycles. The van der Waals surface area contributed by atoms with Crippen LogP contribution in [-0.2, 0) is 9.53 Å². The first kappa shape index (κ1) is 34.2. The highest BCUT2D eigenvalue weighted by molar-refractivity contribution is 6.38. The molecule has 0 unspecified atom stereocenters. The van der Waals surface area contributed by atoms with Crippen molar-refractivity contribution < 1.29 is 19.1 Å². The van der Waals surface area contributed by atoms with Crippen LogP contribution in [0.4, 0.5) is 11.4 Å². The Labute approximate surface area is 253 Å². The lowest BCUT2D eigenvalue weighted by Crippen LogP contribution is -2.30. The molecule has 2 N–H and O–H groups in total. The number of hydrogen-bond donors (Lipinski definition) is 2. The summed E-state index contributed by atoms with van der Waals surface area (Å²) in [5.74, 6) is -0.582. The molecular formula is C31H41ClN6O4. The molecule has 1 saturated heterocycles. The molecule has 226 valence electrons. The second kappa shape index (κ2) is 16.4. The van der Waals surface area contributed by atoms with Crippen molar-refractivity contribution in [1.29, 1.82) is 0 Å². The molecule has 2 heterocycles. The van der Waals surface area contributed by atoms with E-state index in [9.17, 15) is 14.4 Å². The number of allylic oxidation sites excluding steroid dienone is 2. The van der Waals surface area contributed by atoms with E-state index in [1.54, 1.807) is 55.5 Å². The molecule has 0 radical (unpaired) electrons. The molecule has 0 atom stereocenters. The van der Waals surface area contributed by atoms with Gasteiger partial charge in [-0.1, -0.05) is 29.8 Å². The van der Waals surface area contributed by atoms with Gasteiger partial charge in [0.2, 0.25) is 6.41 Å². The molecular weight excluding hydrogens is 556 g/mol. The second-order valence-corrected chi connectivity index (χ2v) is 11.0. The molecule has 1 aliphatic rings. The van der Waals surface area contributed by atoms with Crippen LogP contribution in [-0.4, -0.2) is 73.2 Å². The van der Waals surface area contributed by atoms with E-state index in [2.05, 4.69) is 32.1 Å². The number of aliphatic imine (C=N–C) groups is 1. The van der Waals surface area contributed by atoms with Gasteiger partial charge in [0.1, 0.15) is 11.5 Å². The number of carbonyl (C=O) groups is 3. The summed E-state index contributed by atoms with van der Waals surface area (Å²) in [4.78, 5) is 49.2. The summed E-state index contributed by atoms with van der Waals surface area (Å²) in [6, 6.07) is 8.64. The van der Waals surface area contributed by atoms with Crippen molar-refractivity contribution in [2.75, 3.05) is 43.5 Å². The number of carbonyl (C=O) groups excluding carboxylic acids is 3. The van der Waals surface area contributed by atoms with Crippen LogP contribution in [0, 0.1) is 6.92 Å². The zero-order valence-electron chi connectivity index (χ0n) is 25.2. The molecule has 11 heteroatoms. The maximum atomic E-state index is 13.0. The topological polar surface area (TPSA) is 116 Å². The van der Waals surface area contributed by atoms with Crippen LogP contribution in [0.3, 0.4) is 0 Å². The van der Waals surface area contributed by atoms with Crippen molar-refractivity contribution in [2.24, 2.45) is 4.99 Å². The first-order valence-electron chi connectivity index (χ1n) is 13.6. The maximum Gasteiger partial charge on any atom is 0.274 e. The minimum atomic E-state index is -0.440. The number of ether oxygens (including phenoxy) is 1. The smallest absolute Gasteiger partial charge is 0.274 e. The summed E-state index contributed by atoms with van der Waals surface area (Å²) < 4.78 is 4.94. The third-order valence-electron chi connectivity index (χ3n) is 6.16. The van der Waals surface area contributed by atoms with Gasteiger partial charge >= 0.3 is 0 Å². The first-order valence-corrected chi connectivity index (χ1v) is 14.0. The molecule has 42 heavy (non-hydrogen) atoms. The molecule has 2 aromatic rings. The monoisotopic (exact) mass is 596 g/mol. The standard InChI is InChI=1S/C26H29ClN6O3.C5H12O/c1-4-24(29-15-19(3)27)31-25(35)21-14-18(2)6-8-22(21)30-26(36)23-9-7-20(16-28-23)33-11-5-10-32(17-34)12-13-33;1-5(2,3)6-4/h4,6-9,14-17H,3,5,10-13H2,1-2H3,(H,30,36)(H,31,35);1-4H3/b24-4+,29-15-;. The maximum absolute atomic E-state index is 13.0. The highest BCUT2D eigenvalue weighted by atomic mass is 35.5. The number of halogens is 1. The van der Waals surface area contributed by atoms with Gasteiger partial charge in [-0.3, -0.25) is 14.4 Å². The van der Waals surface area contributed by atoms with Crippen molar-refractivity contribution >= 4 is 47.4 Å². The predicted molar refractivity (Wildman–Crippen MR) is 169 cm³/mol. The molecule has 0 saturated carbocycles. The van der Waals surface area contributed by atoms with Crippen molar-refractivity contribution in [3.8, 4) is 0 Å². The Bertz CT molecular complexity index is 1300. The van der Waals surface area contributed by atoms with Crippen LogP contribution in [0.5, 0.6) is 0 Å². The Kier molecular flexibility index (Phi) is 13.4. The SMILES string of the molecule is C=C(Cl)/C=N\C(=C/C)NC(=O)c1cc(C)ccc1NC(=O)c1ccc(N2CCCN(C=O)CC2)cn1.COC(C)(C)C. The number of amides is 3. The lowest BCUT2D eigenvalue weighted by atomic mass is 10.1. The number of anilines is 2. The quantitative estimate of drug-likeness (QED) is 0.321. The highest BCUT2D eigenvalue weighted by Crippen LogP contribution is 2.20. The van der Waals surface area contributed by atoms with E-state index < -0.39 is 11.8 Å². The average molecular weight is 597 g/mol. The Morgan fingerprint density at radius 1 is 1.12 bits per heavy atom. The number of nitrogens with one attached hydrogen (secondary N) is 2. The van der Waals surface area contributed by atoms with Gasteiger partial charge in [-0.2, -0.15) is 0 Å². The van der Waals surface area contributed by atoms with E-state index in [1.807, 2.05) is 33.8 Å². The van der Waals surface area contributed by atoms with Gasteiger partial charge in [0, 0.05) is 39.5 Å². The molecule has 1 aliphatic heterocycles. The largest absolute Gasteiger partial charge is 0.379 e. The zero-order chi connectivity index (χ0) is 31.3. The summed E-state index contributed by atoms with van der Waals surface area (Å²) in [5, 5.41) is 5.71. The van der Waals surface area contributed by atoms with Crippen LogP contribution in [0.25, 0.3) is 0 Å². The van der Waals surface area contributed by atoms with Gasteiger partial charge in [-0.15, -0.1) is 0 Å². The normalized spacial score (nSPS) is 14.0. The minimum Gasteiger partial charge on any atom is -0.379 e. The number of nitrogens with zero attached hydrogens (tertiary/aromatic N) is 4. The fourth-order valence-corrected chi connectivity index (χ4v) is 3.70. The number of benzene rings is 1. The number of aryl methyl sites for hydroxylation is 1. The number of methoxy groups -OCH3 is 1. The van der Waals surface area contributed by atoms with E-state index in [4.69, 9.17) is 16.3 Å². The number of aromatic nitrogens is 1. The van der Waals surface area contributed by atoms with E-state index >= 15 is 0 Å². The van der Waals surface area contributed by atoms with Crippen LogP contribution in [0.15, 0.2) is 65.0 Å².